The Kier molecular flexibility index (Phi) is 5.89. The van der Waals surface area contributed by atoms with Gasteiger partial charge in [-0.3, -0.25) is 9.59 Å². The molecule has 0 radical (unpaired) electrons. The van der Waals surface area contributed by atoms with E-state index in [1.807, 2.05) is 0 Å². The Morgan fingerprint density at radius 3 is 2.27 bits per heavy atom. The second kappa shape index (κ2) is 7.23. The van der Waals surface area contributed by atoms with Crippen molar-refractivity contribution >= 4 is 17.8 Å². The Morgan fingerprint density at radius 2 is 1.86 bits per heavy atom. The molecule has 1 rings (SSSR count). The summed E-state index contributed by atoms with van der Waals surface area (Å²) in [6, 6.07) is -2.04. The molecule has 0 aromatic heterocycles. The van der Waals surface area contributed by atoms with Gasteiger partial charge in [0.1, 0.15) is 12.2 Å². The maximum Gasteiger partial charge on any atom is 0.370 e. The standard InChI is InChI=1S/C13H20N2O7/c1-5(16)10(14-6(2)17)12-11(15-7(3)18)8(19)4-9(22-12)13(20)21/h4-5,8,10-12,16,19H,1-3H3,(H,14,17)(H,15,18)(H,20,21)/t5-,8+,10-,11+,12+/m0/s1. The fourth-order valence-corrected chi connectivity index (χ4v) is 2.24. The van der Waals surface area contributed by atoms with Crippen LogP contribution in [-0.4, -0.2) is 63.5 Å². The topological polar surface area (TPSA) is 145 Å². The summed E-state index contributed by atoms with van der Waals surface area (Å²) in [6.07, 6.45) is -2.65. The Hall–Kier alpha value is -2.13. The number of carbonyl (C=O) groups excluding carboxylic acids is 2. The van der Waals surface area contributed by atoms with Crippen molar-refractivity contribution < 1.29 is 34.4 Å². The maximum absolute atomic E-state index is 11.3. The maximum atomic E-state index is 11.3. The van der Waals surface area contributed by atoms with Gasteiger partial charge in [-0.2, -0.15) is 0 Å². The molecule has 5 atom stereocenters. The Labute approximate surface area is 127 Å². The molecule has 0 bridgehead atoms. The van der Waals surface area contributed by atoms with Crippen molar-refractivity contribution in [3.05, 3.63) is 11.8 Å². The zero-order valence-corrected chi connectivity index (χ0v) is 12.4. The van der Waals surface area contributed by atoms with E-state index in [9.17, 15) is 24.6 Å². The van der Waals surface area contributed by atoms with Crippen LogP contribution >= 0.6 is 0 Å². The molecule has 124 valence electrons. The summed E-state index contributed by atoms with van der Waals surface area (Å²) in [7, 11) is 0. The van der Waals surface area contributed by atoms with Crippen LogP contribution in [0.15, 0.2) is 11.8 Å². The first-order valence-electron chi connectivity index (χ1n) is 6.65. The zero-order valence-electron chi connectivity index (χ0n) is 12.4. The summed E-state index contributed by atoms with van der Waals surface area (Å²) in [4.78, 5) is 33.6. The number of nitrogens with one attached hydrogen (secondary N) is 2. The summed E-state index contributed by atoms with van der Waals surface area (Å²) in [6.45, 7) is 3.81. The molecule has 9 heteroatoms. The zero-order chi connectivity index (χ0) is 17.0. The highest BCUT2D eigenvalue weighted by atomic mass is 16.5. The number of rotatable bonds is 5. The van der Waals surface area contributed by atoms with E-state index in [0.717, 1.165) is 6.08 Å². The molecule has 9 nitrogen and oxygen atoms in total. The van der Waals surface area contributed by atoms with E-state index in [-0.39, 0.29) is 0 Å². The molecule has 1 aliphatic rings. The Balaban J connectivity index is 3.17. The number of carbonyl (C=O) groups is 3. The van der Waals surface area contributed by atoms with Crippen LogP contribution in [0.3, 0.4) is 0 Å². The van der Waals surface area contributed by atoms with E-state index in [0.29, 0.717) is 0 Å². The first-order valence-corrected chi connectivity index (χ1v) is 6.65. The first kappa shape index (κ1) is 17.9. The smallest absolute Gasteiger partial charge is 0.370 e. The van der Waals surface area contributed by atoms with Crippen molar-refractivity contribution in [1.29, 1.82) is 0 Å². The predicted octanol–water partition coefficient (Wildman–Crippen LogP) is -1.90. The van der Waals surface area contributed by atoms with Gasteiger partial charge in [0.25, 0.3) is 0 Å². The van der Waals surface area contributed by atoms with Crippen molar-refractivity contribution in [2.24, 2.45) is 0 Å². The molecule has 22 heavy (non-hydrogen) atoms. The number of aliphatic hydroxyl groups excluding tert-OH is 2. The van der Waals surface area contributed by atoms with Crippen LogP contribution in [0.25, 0.3) is 0 Å². The Bertz CT molecular complexity index is 489. The van der Waals surface area contributed by atoms with Gasteiger partial charge in [-0.25, -0.2) is 4.79 Å². The average Bonchev–Trinajstić information content (AvgIpc) is 2.37. The van der Waals surface area contributed by atoms with Gasteiger partial charge in [0, 0.05) is 13.8 Å². The largest absolute Gasteiger partial charge is 0.479 e. The van der Waals surface area contributed by atoms with Gasteiger partial charge in [0.15, 0.2) is 0 Å². The van der Waals surface area contributed by atoms with Crippen molar-refractivity contribution in [3.63, 3.8) is 0 Å². The predicted molar refractivity (Wildman–Crippen MR) is 73.5 cm³/mol. The molecule has 0 aliphatic carbocycles. The lowest BCUT2D eigenvalue weighted by molar-refractivity contribution is -0.142. The number of carboxylic acids is 1. The van der Waals surface area contributed by atoms with E-state index < -0.39 is 53.9 Å². The van der Waals surface area contributed by atoms with Crippen LogP contribution in [0.4, 0.5) is 0 Å². The second-order valence-electron chi connectivity index (χ2n) is 5.10. The molecule has 0 unspecified atom stereocenters. The fraction of sp³-hybridized carbons (Fsp3) is 0.615. The van der Waals surface area contributed by atoms with Crippen LogP contribution in [0.5, 0.6) is 0 Å². The van der Waals surface area contributed by atoms with Gasteiger partial charge < -0.3 is 30.7 Å². The van der Waals surface area contributed by atoms with Gasteiger partial charge in [-0.05, 0) is 13.0 Å². The van der Waals surface area contributed by atoms with Crippen molar-refractivity contribution in [2.45, 2.75) is 51.2 Å². The lowest BCUT2D eigenvalue weighted by Crippen LogP contribution is -2.63. The van der Waals surface area contributed by atoms with Gasteiger partial charge in [0.2, 0.25) is 17.6 Å². The lowest BCUT2D eigenvalue weighted by Gasteiger charge is -2.39. The van der Waals surface area contributed by atoms with Crippen LogP contribution < -0.4 is 10.6 Å². The quantitative estimate of drug-likeness (QED) is 0.398. The van der Waals surface area contributed by atoms with Crippen LogP contribution in [0, 0.1) is 0 Å². The van der Waals surface area contributed by atoms with Crippen molar-refractivity contribution in [2.75, 3.05) is 0 Å². The number of hydrogen-bond donors (Lipinski definition) is 5. The fourth-order valence-electron chi connectivity index (χ4n) is 2.24. The molecule has 2 amide bonds. The molecule has 5 N–H and O–H groups in total. The first-order chi connectivity index (χ1) is 10.1. The minimum absolute atomic E-state index is 0.475. The molecular formula is C13H20N2O7. The van der Waals surface area contributed by atoms with Crippen LogP contribution in [-0.2, 0) is 19.1 Å². The summed E-state index contributed by atoms with van der Waals surface area (Å²) >= 11 is 0. The Morgan fingerprint density at radius 1 is 1.27 bits per heavy atom. The molecule has 0 aromatic rings. The molecule has 1 aliphatic heterocycles. The normalized spacial score (nSPS) is 27.0. The van der Waals surface area contributed by atoms with Crippen molar-refractivity contribution in [3.8, 4) is 0 Å². The van der Waals surface area contributed by atoms with Gasteiger partial charge in [0.05, 0.1) is 18.2 Å². The monoisotopic (exact) mass is 316 g/mol. The summed E-state index contributed by atoms with van der Waals surface area (Å²) in [5, 5.41) is 33.7. The van der Waals surface area contributed by atoms with E-state index >= 15 is 0 Å². The van der Waals surface area contributed by atoms with Gasteiger partial charge in [-0.1, -0.05) is 0 Å². The van der Waals surface area contributed by atoms with Gasteiger partial charge in [-0.15, -0.1) is 0 Å². The van der Waals surface area contributed by atoms with Gasteiger partial charge >= 0.3 is 5.97 Å². The lowest BCUT2D eigenvalue weighted by atomic mass is 9.92. The number of hydrogen-bond acceptors (Lipinski definition) is 6. The third-order valence-corrected chi connectivity index (χ3v) is 3.13. The molecule has 0 fully saturated rings. The molecule has 1 heterocycles. The minimum atomic E-state index is -1.41. The van der Waals surface area contributed by atoms with Crippen molar-refractivity contribution in [1.82, 2.24) is 10.6 Å². The molecule has 0 saturated heterocycles. The second-order valence-corrected chi connectivity index (χ2v) is 5.10. The summed E-state index contributed by atoms with van der Waals surface area (Å²) < 4.78 is 5.27. The minimum Gasteiger partial charge on any atom is -0.479 e. The number of amides is 2. The molecule has 0 spiro atoms. The molecular weight excluding hydrogens is 296 g/mol. The highest BCUT2D eigenvalue weighted by molar-refractivity contribution is 5.84. The average molecular weight is 316 g/mol. The third kappa shape index (κ3) is 4.43. The van der Waals surface area contributed by atoms with E-state index in [4.69, 9.17) is 9.84 Å². The molecule has 0 saturated carbocycles. The highest BCUT2D eigenvalue weighted by Gasteiger charge is 2.43. The van der Waals surface area contributed by atoms with Crippen LogP contribution in [0.2, 0.25) is 0 Å². The highest BCUT2D eigenvalue weighted by Crippen LogP contribution is 2.23. The summed E-state index contributed by atoms with van der Waals surface area (Å²) in [5.74, 6) is -2.87. The van der Waals surface area contributed by atoms with Crippen LogP contribution in [0.1, 0.15) is 20.8 Å². The van der Waals surface area contributed by atoms with E-state index in [1.165, 1.54) is 20.8 Å². The van der Waals surface area contributed by atoms with E-state index in [2.05, 4.69) is 10.6 Å². The number of aliphatic carboxylic acids is 1. The number of aliphatic hydroxyl groups is 2. The number of ether oxygens (including phenoxy) is 1. The number of carboxylic acid groups (broad SMARTS) is 1. The molecule has 0 aromatic carbocycles. The SMILES string of the molecule is CC(=O)N[C@H]([C@H]1OC(C(=O)O)=C[C@@H](O)[C@H]1NC(C)=O)[C@H](C)O. The third-order valence-electron chi connectivity index (χ3n) is 3.13. The summed E-state index contributed by atoms with van der Waals surface area (Å²) in [5.41, 5.74) is 0. The van der Waals surface area contributed by atoms with E-state index in [1.54, 1.807) is 0 Å².